The molecule has 7 heteroatoms. The summed E-state index contributed by atoms with van der Waals surface area (Å²) in [6, 6.07) is 24.3. The second kappa shape index (κ2) is 12.7. The number of rotatable bonds is 10. The Kier molecular flexibility index (Phi) is 9.75. The Hall–Kier alpha value is -2.39. The number of halogens is 2. The smallest absolute Gasteiger partial charge is 0.261 e. The van der Waals surface area contributed by atoms with Crippen molar-refractivity contribution >= 4 is 50.3 Å². The van der Waals surface area contributed by atoms with E-state index in [-0.39, 0.29) is 18.4 Å². The number of carbonyl (C=O) groups is 2. The van der Waals surface area contributed by atoms with E-state index in [1.165, 1.54) is 0 Å². The highest BCUT2D eigenvalue weighted by atomic mass is 127. The first-order valence-electron chi connectivity index (χ1n) is 10.7. The van der Waals surface area contributed by atoms with Gasteiger partial charge >= 0.3 is 0 Å². The normalized spacial score (nSPS) is 11.5. The van der Waals surface area contributed by atoms with Crippen LogP contribution in [-0.2, 0) is 22.6 Å². The molecule has 0 aromatic heterocycles. The fourth-order valence-electron chi connectivity index (χ4n) is 3.44. The van der Waals surface area contributed by atoms with Crippen molar-refractivity contribution in [3.8, 4) is 5.75 Å². The molecule has 172 valence electrons. The zero-order valence-corrected chi connectivity index (χ0v) is 22.1. The highest BCUT2D eigenvalue weighted by Gasteiger charge is 2.30. The lowest BCUT2D eigenvalue weighted by Gasteiger charge is -2.31. The molecule has 0 aliphatic heterocycles. The molecule has 0 aliphatic carbocycles. The molecule has 0 spiro atoms. The van der Waals surface area contributed by atoms with Gasteiger partial charge in [-0.25, -0.2) is 0 Å². The molecular weight excluding hydrogens is 595 g/mol. The van der Waals surface area contributed by atoms with Crippen LogP contribution in [0.2, 0.25) is 0 Å². The molecular formula is C26H26BrIN2O3. The highest BCUT2D eigenvalue weighted by Crippen LogP contribution is 2.19. The highest BCUT2D eigenvalue weighted by molar-refractivity contribution is 14.1. The quantitative estimate of drug-likeness (QED) is 0.317. The van der Waals surface area contributed by atoms with Crippen LogP contribution in [0.4, 0.5) is 0 Å². The van der Waals surface area contributed by atoms with Crippen molar-refractivity contribution in [3.05, 3.63) is 98.0 Å². The van der Waals surface area contributed by atoms with Crippen molar-refractivity contribution < 1.29 is 14.3 Å². The largest absolute Gasteiger partial charge is 0.484 e. The topological polar surface area (TPSA) is 58.6 Å². The predicted octanol–water partition coefficient (Wildman–Crippen LogP) is 5.21. The van der Waals surface area contributed by atoms with Crippen molar-refractivity contribution in [3.63, 3.8) is 0 Å². The SMILES string of the molecule is CCNC(=O)C(Cc1ccccc1)N(Cc1cccc(Br)c1)C(=O)COc1ccc(I)cc1. The third kappa shape index (κ3) is 7.85. The molecule has 0 heterocycles. The van der Waals surface area contributed by atoms with E-state index in [9.17, 15) is 9.59 Å². The Bertz CT molecular complexity index is 1060. The Balaban J connectivity index is 1.88. The van der Waals surface area contributed by atoms with E-state index in [2.05, 4.69) is 43.8 Å². The van der Waals surface area contributed by atoms with Crippen LogP contribution in [0.25, 0.3) is 0 Å². The van der Waals surface area contributed by atoms with Crippen LogP contribution in [0, 0.1) is 3.57 Å². The Morgan fingerprint density at radius 3 is 2.36 bits per heavy atom. The van der Waals surface area contributed by atoms with Crippen molar-refractivity contribution in [1.82, 2.24) is 10.2 Å². The van der Waals surface area contributed by atoms with Gasteiger partial charge in [0.15, 0.2) is 6.61 Å². The minimum Gasteiger partial charge on any atom is -0.484 e. The molecule has 2 amide bonds. The molecule has 3 aromatic carbocycles. The van der Waals surface area contributed by atoms with Gasteiger partial charge in [-0.2, -0.15) is 0 Å². The molecule has 3 rings (SSSR count). The fourth-order valence-corrected chi connectivity index (χ4v) is 4.24. The number of amides is 2. The molecule has 0 radical (unpaired) electrons. The van der Waals surface area contributed by atoms with Crippen LogP contribution < -0.4 is 10.1 Å². The van der Waals surface area contributed by atoms with Gasteiger partial charge in [0.05, 0.1) is 0 Å². The van der Waals surface area contributed by atoms with Gasteiger partial charge in [0.1, 0.15) is 11.8 Å². The third-order valence-corrected chi connectivity index (χ3v) is 6.25. The predicted molar refractivity (Wildman–Crippen MR) is 142 cm³/mol. The standard InChI is InChI=1S/C26H26BrIN2O3/c1-2-29-26(32)24(16-19-7-4-3-5-8-19)30(17-20-9-6-10-21(27)15-20)25(31)18-33-23-13-11-22(28)12-14-23/h3-15,24H,2,16-18H2,1H3,(H,29,32). The Labute approximate surface area is 216 Å². The second-order valence-corrected chi connectivity index (χ2v) is 9.66. The molecule has 0 saturated heterocycles. The second-order valence-electron chi connectivity index (χ2n) is 7.49. The van der Waals surface area contributed by atoms with E-state index in [4.69, 9.17) is 4.74 Å². The zero-order chi connectivity index (χ0) is 23.6. The Morgan fingerprint density at radius 1 is 1.00 bits per heavy atom. The van der Waals surface area contributed by atoms with Crippen molar-refractivity contribution in [2.75, 3.05) is 13.2 Å². The first-order chi connectivity index (χ1) is 16.0. The third-order valence-electron chi connectivity index (χ3n) is 5.04. The number of likely N-dealkylation sites (N-methyl/N-ethyl adjacent to an activating group) is 1. The minimum absolute atomic E-state index is 0.153. The molecule has 3 aromatic rings. The molecule has 5 nitrogen and oxygen atoms in total. The van der Waals surface area contributed by atoms with Crippen LogP contribution in [-0.4, -0.2) is 35.9 Å². The summed E-state index contributed by atoms with van der Waals surface area (Å²) in [5.74, 6) is 0.184. The van der Waals surface area contributed by atoms with Gasteiger partial charge in [0, 0.05) is 27.6 Å². The molecule has 0 aliphatic rings. The van der Waals surface area contributed by atoms with Crippen LogP contribution in [0.1, 0.15) is 18.1 Å². The van der Waals surface area contributed by atoms with E-state index in [1.54, 1.807) is 4.90 Å². The molecule has 1 unspecified atom stereocenters. The maximum absolute atomic E-state index is 13.4. The van der Waals surface area contributed by atoms with E-state index in [0.29, 0.717) is 25.3 Å². The summed E-state index contributed by atoms with van der Waals surface area (Å²) in [6.07, 6.45) is 0.413. The summed E-state index contributed by atoms with van der Waals surface area (Å²) in [4.78, 5) is 28.1. The molecule has 0 fully saturated rings. The van der Waals surface area contributed by atoms with Crippen LogP contribution in [0.5, 0.6) is 5.75 Å². The number of hydrogen-bond acceptors (Lipinski definition) is 3. The van der Waals surface area contributed by atoms with Gasteiger partial charge in [0.25, 0.3) is 5.91 Å². The molecule has 0 bridgehead atoms. The summed E-state index contributed by atoms with van der Waals surface area (Å²) in [5.41, 5.74) is 1.91. The number of hydrogen-bond donors (Lipinski definition) is 1. The number of nitrogens with zero attached hydrogens (tertiary/aromatic N) is 1. The number of nitrogens with one attached hydrogen (secondary N) is 1. The summed E-state index contributed by atoms with van der Waals surface area (Å²) in [6.45, 7) is 2.50. The zero-order valence-electron chi connectivity index (χ0n) is 18.3. The molecule has 1 N–H and O–H groups in total. The summed E-state index contributed by atoms with van der Waals surface area (Å²) in [5, 5.41) is 2.89. The average Bonchev–Trinajstić information content (AvgIpc) is 2.81. The van der Waals surface area contributed by atoms with Gasteiger partial charge in [-0.15, -0.1) is 0 Å². The number of carbonyl (C=O) groups excluding carboxylic acids is 2. The average molecular weight is 621 g/mol. The first kappa shape index (κ1) is 25.2. The summed E-state index contributed by atoms with van der Waals surface area (Å²) >= 11 is 5.71. The summed E-state index contributed by atoms with van der Waals surface area (Å²) < 4.78 is 7.77. The molecule has 1 atom stereocenters. The molecule has 33 heavy (non-hydrogen) atoms. The number of benzene rings is 3. The van der Waals surface area contributed by atoms with Gasteiger partial charge in [-0.3, -0.25) is 9.59 Å². The lowest BCUT2D eigenvalue weighted by atomic mass is 10.0. The molecule has 0 saturated carbocycles. The minimum atomic E-state index is -0.667. The van der Waals surface area contributed by atoms with E-state index < -0.39 is 6.04 Å². The lowest BCUT2D eigenvalue weighted by Crippen LogP contribution is -2.51. The van der Waals surface area contributed by atoms with Gasteiger partial charge < -0.3 is 15.0 Å². The van der Waals surface area contributed by atoms with Crippen molar-refractivity contribution in [2.24, 2.45) is 0 Å². The first-order valence-corrected chi connectivity index (χ1v) is 12.6. The van der Waals surface area contributed by atoms with Gasteiger partial charge in [-0.1, -0.05) is 58.4 Å². The van der Waals surface area contributed by atoms with E-state index >= 15 is 0 Å². The number of ether oxygens (including phenoxy) is 1. The van der Waals surface area contributed by atoms with E-state index in [0.717, 1.165) is 19.2 Å². The Morgan fingerprint density at radius 2 is 1.70 bits per heavy atom. The summed E-state index contributed by atoms with van der Waals surface area (Å²) in [7, 11) is 0. The maximum atomic E-state index is 13.4. The lowest BCUT2D eigenvalue weighted by molar-refractivity contribution is -0.142. The maximum Gasteiger partial charge on any atom is 0.261 e. The monoisotopic (exact) mass is 620 g/mol. The van der Waals surface area contributed by atoms with Crippen LogP contribution in [0.15, 0.2) is 83.3 Å². The van der Waals surface area contributed by atoms with Gasteiger partial charge in [0.2, 0.25) is 5.91 Å². The van der Waals surface area contributed by atoms with E-state index in [1.807, 2.05) is 85.8 Å². The fraction of sp³-hybridized carbons (Fsp3) is 0.231. The van der Waals surface area contributed by atoms with Crippen LogP contribution in [0.3, 0.4) is 0 Å². The van der Waals surface area contributed by atoms with Gasteiger partial charge in [-0.05, 0) is 77.0 Å². The van der Waals surface area contributed by atoms with Crippen molar-refractivity contribution in [1.29, 1.82) is 0 Å². The van der Waals surface area contributed by atoms with Crippen molar-refractivity contribution in [2.45, 2.75) is 25.9 Å². The van der Waals surface area contributed by atoms with Crippen LogP contribution >= 0.6 is 38.5 Å².